The van der Waals surface area contributed by atoms with Crippen molar-refractivity contribution in [3.05, 3.63) is 112 Å². The lowest BCUT2D eigenvalue weighted by atomic mass is 9.97. The molecule has 4 rings (SSSR count). The van der Waals surface area contributed by atoms with Crippen molar-refractivity contribution >= 4 is 27.3 Å². The maximum absolute atomic E-state index is 15.0. The molecule has 0 N–H and O–H groups in total. The molecule has 13 heteroatoms. The SMILES string of the molecule is C[C@H](c1ccc(F)cc1CCCn1ccnc1CC(F)(F)F)N(c1cc(F)ccc1F)S(=O)(=O)c1ccc(Cl)cc1. The molecule has 0 aliphatic carbocycles. The number of nitrogens with zero attached hydrogens (tertiary/aromatic N) is 3. The van der Waals surface area contributed by atoms with Gasteiger partial charge in [0.2, 0.25) is 0 Å². The molecule has 1 heterocycles. The first-order chi connectivity index (χ1) is 19.3. The third-order valence-corrected chi connectivity index (χ3v) is 8.58. The first-order valence-electron chi connectivity index (χ1n) is 12.4. The molecule has 0 aliphatic rings. The van der Waals surface area contributed by atoms with Crippen LogP contribution in [0.1, 0.15) is 36.3 Å². The van der Waals surface area contributed by atoms with Crippen molar-refractivity contribution in [1.82, 2.24) is 9.55 Å². The van der Waals surface area contributed by atoms with Crippen molar-refractivity contribution in [2.24, 2.45) is 0 Å². The predicted octanol–water partition coefficient (Wildman–Crippen LogP) is 7.65. The number of aryl methyl sites for hydroxylation is 2. The van der Waals surface area contributed by atoms with Gasteiger partial charge in [-0.3, -0.25) is 4.31 Å². The fraction of sp³-hybridized carbons (Fsp3) is 0.250. The number of aromatic nitrogens is 2. The molecule has 5 nitrogen and oxygen atoms in total. The van der Waals surface area contributed by atoms with Crippen LogP contribution in [0.15, 0.2) is 78.0 Å². The third-order valence-electron chi connectivity index (χ3n) is 6.43. The summed E-state index contributed by atoms with van der Waals surface area (Å²) in [6.45, 7) is 1.58. The second-order valence-electron chi connectivity index (χ2n) is 9.30. The average Bonchev–Trinajstić information content (AvgIpc) is 3.31. The first kappa shape index (κ1) is 30.4. The Balaban J connectivity index is 1.70. The predicted molar refractivity (Wildman–Crippen MR) is 143 cm³/mol. The minimum absolute atomic E-state index is 0.126. The van der Waals surface area contributed by atoms with E-state index in [0.717, 1.165) is 28.6 Å². The largest absolute Gasteiger partial charge is 0.396 e. The van der Waals surface area contributed by atoms with E-state index < -0.39 is 51.8 Å². The Labute approximate surface area is 238 Å². The van der Waals surface area contributed by atoms with Crippen LogP contribution in [0.3, 0.4) is 0 Å². The van der Waals surface area contributed by atoms with Gasteiger partial charge < -0.3 is 4.57 Å². The lowest BCUT2D eigenvalue weighted by molar-refractivity contribution is -0.129. The number of hydrogen-bond acceptors (Lipinski definition) is 3. The molecule has 0 unspecified atom stereocenters. The number of sulfonamides is 1. The van der Waals surface area contributed by atoms with Gasteiger partial charge in [0.05, 0.1) is 16.6 Å². The number of alkyl halides is 3. The molecule has 0 spiro atoms. The maximum Gasteiger partial charge on any atom is 0.396 e. The number of rotatable bonds is 10. The quantitative estimate of drug-likeness (QED) is 0.172. The van der Waals surface area contributed by atoms with Gasteiger partial charge in [0.25, 0.3) is 10.0 Å². The van der Waals surface area contributed by atoms with Crippen molar-refractivity contribution in [3.63, 3.8) is 0 Å². The zero-order valence-electron chi connectivity index (χ0n) is 21.5. The minimum Gasteiger partial charge on any atom is -0.335 e. The van der Waals surface area contributed by atoms with E-state index in [0.29, 0.717) is 11.1 Å². The molecule has 0 radical (unpaired) electrons. The standard InChI is InChI=1S/C28H24ClF6N3O2S/c1-18(38(26-16-22(31)7-11-25(26)32)41(39,40)23-8-4-20(29)5-9-23)24-10-6-21(30)15-19(24)3-2-13-37-14-12-36-27(37)17-28(33,34)35/h4-12,14-16,18H,2-3,13,17H2,1H3/t18-/m1/s1. The summed E-state index contributed by atoms with van der Waals surface area (Å²) in [5.41, 5.74) is 0.0924. The van der Waals surface area contributed by atoms with E-state index in [9.17, 15) is 30.4 Å². The molecule has 218 valence electrons. The van der Waals surface area contributed by atoms with E-state index in [-0.39, 0.29) is 35.1 Å². The Bertz CT molecular complexity index is 1620. The van der Waals surface area contributed by atoms with E-state index >= 15 is 4.39 Å². The van der Waals surface area contributed by atoms with Gasteiger partial charge in [-0.1, -0.05) is 17.7 Å². The summed E-state index contributed by atoms with van der Waals surface area (Å²) in [6, 6.07) is 10.0. The van der Waals surface area contributed by atoms with Crippen molar-refractivity contribution in [3.8, 4) is 0 Å². The van der Waals surface area contributed by atoms with E-state index in [4.69, 9.17) is 11.6 Å². The maximum atomic E-state index is 15.0. The summed E-state index contributed by atoms with van der Waals surface area (Å²) in [5.74, 6) is -2.68. The summed E-state index contributed by atoms with van der Waals surface area (Å²) in [6.07, 6.45) is -2.60. The van der Waals surface area contributed by atoms with Gasteiger partial charge >= 0.3 is 6.18 Å². The van der Waals surface area contributed by atoms with Crippen LogP contribution in [0.2, 0.25) is 5.02 Å². The number of halogens is 7. The van der Waals surface area contributed by atoms with E-state index in [1.807, 2.05) is 0 Å². The number of anilines is 1. The molecule has 3 aromatic carbocycles. The molecule has 1 atom stereocenters. The van der Waals surface area contributed by atoms with Crippen LogP contribution in [0.5, 0.6) is 0 Å². The highest BCUT2D eigenvalue weighted by molar-refractivity contribution is 7.92. The van der Waals surface area contributed by atoms with Crippen LogP contribution in [-0.2, 0) is 29.4 Å². The Morgan fingerprint density at radius 3 is 2.32 bits per heavy atom. The Morgan fingerprint density at radius 2 is 1.63 bits per heavy atom. The average molecular weight is 616 g/mol. The van der Waals surface area contributed by atoms with Crippen LogP contribution in [0, 0.1) is 17.5 Å². The molecule has 4 aromatic rings. The van der Waals surface area contributed by atoms with Gasteiger partial charge in [0.15, 0.2) is 0 Å². The van der Waals surface area contributed by atoms with Gasteiger partial charge in [-0.25, -0.2) is 26.6 Å². The summed E-state index contributed by atoms with van der Waals surface area (Å²) < 4.78 is 112. The van der Waals surface area contributed by atoms with Gasteiger partial charge in [-0.2, -0.15) is 13.2 Å². The van der Waals surface area contributed by atoms with Gasteiger partial charge in [0, 0.05) is 30.0 Å². The highest BCUT2D eigenvalue weighted by Crippen LogP contribution is 2.37. The molecule has 0 saturated carbocycles. The molecule has 0 amide bonds. The van der Waals surface area contributed by atoms with Crippen molar-refractivity contribution in [1.29, 1.82) is 0 Å². The number of benzene rings is 3. The molecule has 41 heavy (non-hydrogen) atoms. The lowest BCUT2D eigenvalue weighted by Crippen LogP contribution is -2.35. The number of hydrogen-bond donors (Lipinski definition) is 0. The smallest absolute Gasteiger partial charge is 0.335 e. The normalized spacial score (nSPS) is 12.9. The molecular formula is C28H24ClF6N3O2S. The first-order valence-corrected chi connectivity index (χ1v) is 14.2. The van der Waals surface area contributed by atoms with Gasteiger partial charge in [0.1, 0.15) is 29.7 Å². The molecule has 0 fully saturated rings. The Morgan fingerprint density at radius 1 is 0.976 bits per heavy atom. The van der Waals surface area contributed by atoms with E-state index in [1.165, 1.54) is 60.3 Å². The summed E-state index contributed by atoms with van der Waals surface area (Å²) >= 11 is 5.91. The molecule has 1 aromatic heterocycles. The molecule has 0 bridgehead atoms. The van der Waals surface area contributed by atoms with Gasteiger partial charge in [-0.05, 0) is 79.4 Å². The van der Waals surface area contributed by atoms with Crippen LogP contribution in [0.4, 0.5) is 32.0 Å². The van der Waals surface area contributed by atoms with Gasteiger partial charge in [-0.15, -0.1) is 0 Å². The molecular weight excluding hydrogens is 592 g/mol. The van der Waals surface area contributed by atoms with Crippen molar-refractivity contribution < 1.29 is 34.8 Å². The van der Waals surface area contributed by atoms with Crippen LogP contribution >= 0.6 is 11.6 Å². The fourth-order valence-electron chi connectivity index (χ4n) is 4.58. The Kier molecular flexibility index (Phi) is 9.03. The highest BCUT2D eigenvalue weighted by Gasteiger charge is 2.34. The van der Waals surface area contributed by atoms with Crippen LogP contribution < -0.4 is 4.31 Å². The second kappa shape index (κ2) is 12.2. The van der Waals surface area contributed by atoms with E-state index in [1.54, 1.807) is 0 Å². The number of imidazole rings is 1. The van der Waals surface area contributed by atoms with Crippen LogP contribution in [-0.4, -0.2) is 24.1 Å². The molecule has 0 saturated heterocycles. The zero-order valence-corrected chi connectivity index (χ0v) is 23.1. The molecule has 0 aliphatic heterocycles. The summed E-state index contributed by atoms with van der Waals surface area (Å²) in [5, 5.41) is 0.262. The van der Waals surface area contributed by atoms with Crippen molar-refractivity contribution in [2.75, 3.05) is 4.31 Å². The Hall–Kier alpha value is -3.51. The topological polar surface area (TPSA) is 55.2 Å². The van der Waals surface area contributed by atoms with E-state index in [2.05, 4.69) is 4.98 Å². The van der Waals surface area contributed by atoms with Crippen molar-refractivity contribution in [2.45, 2.75) is 49.8 Å². The van der Waals surface area contributed by atoms with Crippen LogP contribution in [0.25, 0.3) is 0 Å². The lowest BCUT2D eigenvalue weighted by Gasteiger charge is -2.32. The summed E-state index contributed by atoms with van der Waals surface area (Å²) in [4.78, 5) is 3.52. The monoisotopic (exact) mass is 615 g/mol. The third kappa shape index (κ3) is 7.23. The minimum atomic E-state index is -4.51. The second-order valence-corrected chi connectivity index (χ2v) is 11.6. The summed E-state index contributed by atoms with van der Waals surface area (Å²) in [7, 11) is -4.51. The zero-order chi connectivity index (χ0) is 29.9. The highest BCUT2D eigenvalue weighted by atomic mass is 35.5. The fourth-order valence-corrected chi connectivity index (χ4v) is 6.34.